The number of nitrogens with one attached hydrogen (secondary N) is 1. The molecule has 0 bridgehead atoms. The first-order valence-corrected chi connectivity index (χ1v) is 13.8. The summed E-state index contributed by atoms with van der Waals surface area (Å²) in [5.41, 5.74) is 2.93. The van der Waals surface area contributed by atoms with E-state index in [4.69, 9.17) is 9.98 Å². The van der Waals surface area contributed by atoms with E-state index in [-0.39, 0.29) is 17.0 Å². The van der Waals surface area contributed by atoms with Gasteiger partial charge in [-0.25, -0.2) is 13.4 Å². The second kappa shape index (κ2) is 9.47. The Morgan fingerprint density at radius 3 is 2.43 bits per heavy atom. The van der Waals surface area contributed by atoms with E-state index in [2.05, 4.69) is 57.4 Å². The van der Waals surface area contributed by atoms with Crippen molar-refractivity contribution in [3.63, 3.8) is 0 Å². The van der Waals surface area contributed by atoms with Gasteiger partial charge < -0.3 is 20.0 Å². The number of aliphatic imine (C=N–C) groups is 2. The van der Waals surface area contributed by atoms with Crippen molar-refractivity contribution >= 4 is 32.9 Å². The van der Waals surface area contributed by atoms with Gasteiger partial charge in [-0.3, -0.25) is 4.99 Å². The van der Waals surface area contributed by atoms with Gasteiger partial charge in [-0.1, -0.05) is 24.3 Å². The van der Waals surface area contributed by atoms with E-state index in [0.29, 0.717) is 17.9 Å². The number of likely N-dealkylation sites (N-methyl/N-ethyl adjacent to an activating group) is 2. The van der Waals surface area contributed by atoms with Gasteiger partial charge in [0.2, 0.25) is 0 Å². The quantitative estimate of drug-likeness (QED) is 0.691. The van der Waals surface area contributed by atoms with Gasteiger partial charge >= 0.3 is 0 Å². The molecular formula is C26H32N6O2S. The molecule has 184 valence electrons. The largest absolute Gasteiger partial charge is 0.369 e. The van der Waals surface area contributed by atoms with E-state index in [0.717, 1.165) is 37.6 Å². The van der Waals surface area contributed by atoms with E-state index >= 15 is 0 Å². The highest BCUT2D eigenvalue weighted by atomic mass is 32.2. The number of fused-ring (bicyclic) bond motifs is 1. The van der Waals surface area contributed by atoms with Crippen molar-refractivity contribution in [1.29, 1.82) is 0 Å². The van der Waals surface area contributed by atoms with Crippen LogP contribution in [0.25, 0.3) is 0 Å². The molecule has 1 saturated heterocycles. The zero-order valence-electron chi connectivity index (χ0n) is 20.4. The molecule has 0 spiro atoms. The number of amidine groups is 2. The highest BCUT2D eigenvalue weighted by Gasteiger charge is 2.35. The Labute approximate surface area is 207 Å². The second-order valence-electron chi connectivity index (χ2n) is 9.51. The Kier molecular flexibility index (Phi) is 6.37. The molecule has 1 N–H and O–H groups in total. The minimum atomic E-state index is -3.38. The number of rotatable bonds is 5. The number of benzene rings is 2. The smallest absolute Gasteiger partial charge is 0.177 e. The summed E-state index contributed by atoms with van der Waals surface area (Å²) in [5.74, 6) is 1.44. The highest BCUT2D eigenvalue weighted by Crippen LogP contribution is 2.27. The van der Waals surface area contributed by atoms with E-state index in [1.807, 2.05) is 19.3 Å². The standard InChI is InChI=1S/C26H32N6O2S/c1-30-14-16-32(17-15-30)20-10-8-19(9-11-20)18-24-27-22-12-13-31(2)25(22)26(29-24)28-21-6-4-5-7-23(21)35(3,33)34/h4-13,22,25H,14-18H2,1-3H3,(H,27,28,29). The molecule has 5 rings (SSSR count). The maximum atomic E-state index is 12.3. The van der Waals surface area contributed by atoms with Crippen LogP contribution in [0, 0.1) is 0 Å². The number of para-hydroxylation sites is 1. The van der Waals surface area contributed by atoms with Crippen molar-refractivity contribution in [2.24, 2.45) is 9.98 Å². The molecule has 3 heterocycles. The molecule has 3 aliphatic heterocycles. The van der Waals surface area contributed by atoms with Gasteiger partial charge in [0.1, 0.15) is 17.7 Å². The highest BCUT2D eigenvalue weighted by molar-refractivity contribution is 7.90. The summed E-state index contributed by atoms with van der Waals surface area (Å²) in [5, 5.41) is 3.33. The lowest BCUT2D eigenvalue weighted by Gasteiger charge is -2.34. The summed E-state index contributed by atoms with van der Waals surface area (Å²) in [7, 11) is 0.766. The summed E-state index contributed by atoms with van der Waals surface area (Å²) < 4.78 is 24.6. The number of hydrogen-bond donors (Lipinski definition) is 1. The third kappa shape index (κ3) is 5.11. The summed E-state index contributed by atoms with van der Waals surface area (Å²) in [6, 6.07) is 15.5. The van der Waals surface area contributed by atoms with Gasteiger partial charge in [-0.05, 0) is 49.2 Å². The molecule has 3 aliphatic rings. The fourth-order valence-electron chi connectivity index (χ4n) is 4.83. The predicted molar refractivity (Wildman–Crippen MR) is 142 cm³/mol. The molecule has 2 aromatic carbocycles. The van der Waals surface area contributed by atoms with Crippen LogP contribution in [0.2, 0.25) is 0 Å². The lowest BCUT2D eigenvalue weighted by atomic mass is 10.1. The zero-order chi connectivity index (χ0) is 24.6. The Morgan fingerprint density at radius 2 is 1.71 bits per heavy atom. The van der Waals surface area contributed by atoms with Gasteiger partial charge in [0.25, 0.3) is 0 Å². The maximum absolute atomic E-state index is 12.3. The van der Waals surface area contributed by atoms with Crippen molar-refractivity contribution in [1.82, 2.24) is 9.80 Å². The van der Waals surface area contributed by atoms with Crippen LogP contribution in [-0.2, 0) is 16.3 Å². The van der Waals surface area contributed by atoms with Gasteiger partial charge in [0.15, 0.2) is 9.84 Å². The minimum absolute atomic E-state index is 0.0648. The van der Waals surface area contributed by atoms with Gasteiger partial charge in [0, 0.05) is 51.6 Å². The topological polar surface area (TPSA) is 80.6 Å². The molecule has 8 nitrogen and oxygen atoms in total. The molecule has 0 amide bonds. The number of piperazine rings is 1. The third-order valence-electron chi connectivity index (χ3n) is 6.82. The SMILES string of the molecule is CN1CCN(c2ccc(CC3=NC4C=CN(C)C4C(Nc4ccccc4S(C)(=O)=O)=N3)cc2)CC1. The normalized spacial score (nSPS) is 22.6. The molecule has 2 aromatic rings. The molecule has 9 heteroatoms. The van der Waals surface area contributed by atoms with Crippen molar-refractivity contribution < 1.29 is 8.42 Å². The van der Waals surface area contributed by atoms with Crippen molar-refractivity contribution in [3.05, 3.63) is 66.4 Å². The van der Waals surface area contributed by atoms with E-state index < -0.39 is 9.84 Å². The van der Waals surface area contributed by atoms with Crippen LogP contribution in [0.4, 0.5) is 11.4 Å². The Balaban J connectivity index is 1.37. The van der Waals surface area contributed by atoms with Gasteiger partial charge in [-0.15, -0.1) is 0 Å². The van der Waals surface area contributed by atoms with Gasteiger partial charge in [0.05, 0.1) is 16.6 Å². The average Bonchev–Trinajstić information content (AvgIpc) is 3.20. The number of anilines is 2. The third-order valence-corrected chi connectivity index (χ3v) is 7.98. The summed E-state index contributed by atoms with van der Waals surface area (Å²) in [4.78, 5) is 16.9. The fourth-order valence-corrected chi connectivity index (χ4v) is 5.67. The van der Waals surface area contributed by atoms with E-state index in [1.54, 1.807) is 18.2 Å². The predicted octanol–water partition coefficient (Wildman–Crippen LogP) is 2.50. The number of nitrogens with zero attached hydrogens (tertiary/aromatic N) is 5. The maximum Gasteiger partial charge on any atom is 0.177 e. The summed E-state index contributed by atoms with van der Waals surface area (Å²) in [6.07, 6.45) is 5.91. The fraction of sp³-hybridized carbons (Fsp3) is 0.385. The van der Waals surface area contributed by atoms with Crippen molar-refractivity contribution in [2.45, 2.75) is 23.4 Å². The van der Waals surface area contributed by atoms with Crippen molar-refractivity contribution in [3.8, 4) is 0 Å². The van der Waals surface area contributed by atoms with E-state index in [9.17, 15) is 8.42 Å². The first-order chi connectivity index (χ1) is 16.8. The molecule has 2 atom stereocenters. The van der Waals surface area contributed by atoms with Crippen LogP contribution < -0.4 is 10.2 Å². The molecule has 0 aliphatic carbocycles. The summed E-state index contributed by atoms with van der Waals surface area (Å²) in [6.45, 7) is 4.24. The molecule has 1 fully saturated rings. The van der Waals surface area contributed by atoms with Crippen LogP contribution in [-0.4, -0.2) is 88.5 Å². The Hall–Kier alpha value is -3.17. The van der Waals surface area contributed by atoms with Crippen LogP contribution in [0.3, 0.4) is 0 Å². The second-order valence-corrected chi connectivity index (χ2v) is 11.5. The van der Waals surface area contributed by atoms with Crippen LogP contribution in [0.1, 0.15) is 5.56 Å². The molecule has 2 unspecified atom stereocenters. The zero-order valence-corrected chi connectivity index (χ0v) is 21.2. The summed E-state index contributed by atoms with van der Waals surface area (Å²) >= 11 is 0. The van der Waals surface area contributed by atoms with Crippen molar-refractivity contribution in [2.75, 3.05) is 56.7 Å². The lowest BCUT2D eigenvalue weighted by molar-refractivity contribution is 0.313. The first-order valence-electron chi connectivity index (χ1n) is 11.9. The lowest BCUT2D eigenvalue weighted by Crippen LogP contribution is -2.46. The van der Waals surface area contributed by atoms with Crippen LogP contribution >= 0.6 is 0 Å². The minimum Gasteiger partial charge on any atom is -0.369 e. The Morgan fingerprint density at radius 1 is 1.00 bits per heavy atom. The van der Waals surface area contributed by atoms with E-state index in [1.165, 1.54) is 11.9 Å². The monoisotopic (exact) mass is 492 g/mol. The molecular weight excluding hydrogens is 460 g/mol. The molecule has 0 radical (unpaired) electrons. The average molecular weight is 493 g/mol. The van der Waals surface area contributed by atoms with Crippen LogP contribution in [0.5, 0.6) is 0 Å². The number of hydrogen-bond acceptors (Lipinski definition) is 8. The number of sulfone groups is 1. The molecule has 35 heavy (non-hydrogen) atoms. The van der Waals surface area contributed by atoms with Crippen LogP contribution in [0.15, 0.2) is 75.7 Å². The molecule has 0 aromatic heterocycles. The van der Waals surface area contributed by atoms with Gasteiger partial charge in [-0.2, -0.15) is 0 Å². The first kappa shape index (κ1) is 23.6. The molecule has 0 saturated carbocycles. The Bertz CT molecular complexity index is 1280.